The number of aryl methyl sites for hydroxylation is 2. The smallest absolute Gasteiger partial charge is 0.265 e. The van der Waals surface area contributed by atoms with Crippen LogP contribution < -0.4 is 9.64 Å². The van der Waals surface area contributed by atoms with Crippen molar-refractivity contribution in [2.45, 2.75) is 26.4 Å². The third-order valence-electron chi connectivity index (χ3n) is 6.36. The summed E-state index contributed by atoms with van der Waals surface area (Å²) < 4.78 is 17.2. The molecule has 0 radical (unpaired) electrons. The van der Waals surface area contributed by atoms with E-state index >= 15 is 0 Å². The Labute approximate surface area is 186 Å². The standard InChI is InChI=1S/C25H26N2O5/c1-16-7-8-19-18(15-31-24(19)17(16)2)13-23(28)27-14-22(25(29)26-9-11-30-12-10-26)32-21-6-4-3-5-20(21)27/h3-8,15,22H,9-14H2,1-2H3/t22-/m0/s1. The maximum absolute atomic E-state index is 13.5. The normalized spacial score (nSPS) is 18.4. The number of anilines is 1. The Hall–Kier alpha value is -3.32. The number of carbonyl (C=O) groups is 2. The van der Waals surface area contributed by atoms with Gasteiger partial charge in [0, 0.05) is 24.0 Å². The van der Waals surface area contributed by atoms with E-state index in [-0.39, 0.29) is 24.8 Å². The Kier molecular flexibility index (Phi) is 5.35. The third-order valence-corrected chi connectivity index (χ3v) is 6.36. The summed E-state index contributed by atoms with van der Waals surface area (Å²) in [6.45, 7) is 6.35. The summed E-state index contributed by atoms with van der Waals surface area (Å²) in [4.78, 5) is 30.0. The molecule has 1 saturated heterocycles. The summed E-state index contributed by atoms with van der Waals surface area (Å²) >= 11 is 0. The number of benzene rings is 2. The minimum Gasteiger partial charge on any atom is -0.476 e. The van der Waals surface area contributed by atoms with Crippen LogP contribution in [0.25, 0.3) is 11.0 Å². The molecule has 3 aromatic rings. The maximum atomic E-state index is 13.5. The highest BCUT2D eigenvalue weighted by molar-refractivity contribution is 6.00. The van der Waals surface area contributed by atoms with Gasteiger partial charge in [-0.05, 0) is 37.1 Å². The molecule has 0 N–H and O–H groups in total. The summed E-state index contributed by atoms with van der Waals surface area (Å²) in [5.41, 5.74) is 4.57. The fraction of sp³-hybridized carbons (Fsp3) is 0.360. The van der Waals surface area contributed by atoms with Crippen molar-refractivity contribution in [3.63, 3.8) is 0 Å². The molecule has 0 unspecified atom stereocenters. The molecular formula is C25H26N2O5. The number of carbonyl (C=O) groups excluding carboxylic acids is 2. The molecule has 1 fully saturated rings. The fourth-order valence-corrected chi connectivity index (χ4v) is 4.37. The van der Waals surface area contributed by atoms with Crippen LogP contribution in [0.1, 0.15) is 16.7 Å². The maximum Gasteiger partial charge on any atom is 0.265 e. The van der Waals surface area contributed by atoms with E-state index in [0.29, 0.717) is 37.7 Å². The molecule has 1 atom stereocenters. The van der Waals surface area contributed by atoms with Crippen molar-refractivity contribution >= 4 is 28.5 Å². The van der Waals surface area contributed by atoms with Crippen LogP contribution in [0.5, 0.6) is 5.75 Å². The molecular weight excluding hydrogens is 408 g/mol. The monoisotopic (exact) mass is 434 g/mol. The largest absolute Gasteiger partial charge is 0.476 e. The second kappa shape index (κ2) is 8.31. The van der Waals surface area contributed by atoms with Crippen LogP contribution in [0, 0.1) is 13.8 Å². The molecule has 5 rings (SSSR count). The molecule has 2 aromatic carbocycles. The van der Waals surface area contributed by atoms with E-state index in [9.17, 15) is 9.59 Å². The Morgan fingerprint density at radius 2 is 1.84 bits per heavy atom. The molecule has 1 aromatic heterocycles. The first-order chi connectivity index (χ1) is 15.5. The Bertz CT molecular complexity index is 1180. The second-order valence-electron chi connectivity index (χ2n) is 8.34. The van der Waals surface area contributed by atoms with Gasteiger partial charge in [0.15, 0.2) is 6.10 Å². The van der Waals surface area contributed by atoms with Crippen LogP contribution in [-0.4, -0.2) is 55.7 Å². The zero-order valence-electron chi connectivity index (χ0n) is 18.3. The summed E-state index contributed by atoms with van der Waals surface area (Å²) in [6.07, 6.45) is 1.11. The zero-order chi connectivity index (χ0) is 22.2. The molecule has 0 saturated carbocycles. The van der Waals surface area contributed by atoms with Crippen molar-refractivity contribution in [3.8, 4) is 5.75 Å². The van der Waals surface area contributed by atoms with Crippen LogP contribution in [0.3, 0.4) is 0 Å². The number of fused-ring (bicyclic) bond motifs is 2. The number of para-hydroxylation sites is 2. The van der Waals surface area contributed by atoms with E-state index < -0.39 is 6.10 Å². The van der Waals surface area contributed by atoms with Gasteiger partial charge in [0.05, 0.1) is 38.1 Å². The van der Waals surface area contributed by atoms with Crippen molar-refractivity contribution < 1.29 is 23.5 Å². The lowest BCUT2D eigenvalue weighted by Crippen LogP contribution is -2.54. The zero-order valence-corrected chi connectivity index (χ0v) is 18.3. The van der Waals surface area contributed by atoms with Crippen LogP contribution >= 0.6 is 0 Å². The Balaban J connectivity index is 1.42. The highest BCUT2D eigenvalue weighted by Crippen LogP contribution is 2.35. The van der Waals surface area contributed by atoms with Crippen molar-refractivity contribution in [1.82, 2.24) is 4.90 Å². The number of hydrogen-bond donors (Lipinski definition) is 0. The summed E-state index contributed by atoms with van der Waals surface area (Å²) in [6, 6.07) is 11.4. The van der Waals surface area contributed by atoms with Gasteiger partial charge in [-0.3, -0.25) is 9.59 Å². The number of nitrogens with zero attached hydrogens (tertiary/aromatic N) is 2. The summed E-state index contributed by atoms with van der Waals surface area (Å²) in [5, 5.41) is 0.948. The van der Waals surface area contributed by atoms with Gasteiger partial charge >= 0.3 is 0 Å². The average Bonchev–Trinajstić information content (AvgIpc) is 3.24. The molecule has 0 bridgehead atoms. The van der Waals surface area contributed by atoms with Crippen LogP contribution in [0.2, 0.25) is 0 Å². The van der Waals surface area contributed by atoms with Gasteiger partial charge in [-0.25, -0.2) is 0 Å². The Morgan fingerprint density at radius 3 is 2.66 bits per heavy atom. The van der Waals surface area contributed by atoms with Crippen LogP contribution in [0.4, 0.5) is 5.69 Å². The topological polar surface area (TPSA) is 72.2 Å². The van der Waals surface area contributed by atoms with Crippen molar-refractivity contribution in [3.05, 3.63) is 59.4 Å². The van der Waals surface area contributed by atoms with Gasteiger partial charge in [0.1, 0.15) is 11.3 Å². The third kappa shape index (κ3) is 3.62. The van der Waals surface area contributed by atoms with E-state index in [1.54, 1.807) is 22.1 Å². The van der Waals surface area contributed by atoms with Crippen molar-refractivity contribution in [2.75, 3.05) is 37.7 Å². The molecule has 2 aliphatic rings. The van der Waals surface area contributed by atoms with E-state index in [0.717, 1.165) is 27.7 Å². The number of morpholine rings is 1. The Morgan fingerprint density at radius 1 is 1.06 bits per heavy atom. The molecule has 3 heterocycles. The number of amides is 2. The van der Waals surface area contributed by atoms with Gasteiger partial charge in [-0.15, -0.1) is 0 Å². The fourth-order valence-electron chi connectivity index (χ4n) is 4.37. The first kappa shape index (κ1) is 20.6. The van der Waals surface area contributed by atoms with Crippen molar-refractivity contribution in [2.24, 2.45) is 0 Å². The molecule has 7 nitrogen and oxygen atoms in total. The number of furan rings is 1. The SMILES string of the molecule is Cc1ccc2c(CC(=O)N3C[C@@H](C(=O)N4CCOCC4)Oc4ccccc43)coc2c1C. The molecule has 2 aliphatic heterocycles. The van der Waals surface area contributed by atoms with Gasteiger partial charge < -0.3 is 23.7 Å². The second-order valence-corrected chi connectivity index (χ2v) is 8.34. The lowest BCUT2D eigenvalue weighted by Gasteiger charge is -2.37. The molecule has 166 valence electrons. The quantitative estimate of drug-likeness (QED) is 0.633. The minimum absolute atomic E-state index is 0.0959. The predicted molar refractivity (Wildman–Crippen MR) is 120 cm³/mol. The minimum atomic E-state index is -0.738. The molecule has 7 heteroatoms. The number of rotatable bonds is 3. The lowest BCUT2D eigenvalue weighted by atomic mass is 10.0. The number of hydrogen-bond acceptors (Lipinski definition) is 5. The van der Waals surface area contributed by atoms with E-state index in [1.165, 1.54) is 0 Å². The van der Waals surface area contributed by atoms with Crippen molar-refractivity contribution in [1.29, 1.82) is 0 Å². The van der Waals surface area contributed by atoms with E-state index in [1.807, 2.05) is 44.2 Å². The average molecular weight is 434 g/mol. The summed E-state index contributed by atoms with van der Waals surface area (Å²) in [7, 11) is 0. The van der Waals surface area contributed by atoms with Gasteiger partial charge in [0.2, 0.25) is 5.91 Å². The number of ether oxygens (including phenoxy) is 2. The molecule has 0 spiro atoms. The first-order valence-electron chi connectivity index (χ1n) is 10.9. The van der Waals surface area contributed by atoms with Gasteiger partial charge in [-0.2, -0.15) is 0 Å². The summed E-state index contributed by atoms with van der Waals surface area (Å²) in [5.74, 6) is 0.337. The highest BCUT2D eigenvalue weighted by atomic mass is 16.5. The molecule has 2 amide bonds. The first-order valence-corrected chi connectivity index (χ1v) is 10.9. The highest BCUT2D eigenvalue weighted by Gasteiger charge is 2.36. The van der Waals surface area contributed by atoms with E-state index in [2.05, 4.69) is 0 Å². The van der Waals surface area contributed by atoms with Gasteiger partial charge in [0.25, 0.3) is 5.91 Å². The lowest BCUT2D eigenvalue weighted by molar-refractivity contribution is -0.142. The molecule has 32 heavy (non-hydrogen) atoms. The van der Waals surface area contributed by atoms with Crippen LogP contribution in [0.15, 0.2) is 47.1 Å². The van der Waals surface area contributed by atoms with Crippen LogP contribution in [-0.2, 0) is 20.7 Å². The molecule has 0 aliphatic carbocycles. The van der Waals surface area contributed by atoms with E-state index in [4.69, 9.17) is 13.9 Å². The predicted octanol–water partition coefficient (Wildman–Crippen LogP) is 3.25. The van der Waals surface area contributed by atoms with Gasteiger partial charge in [-0.1, -0.05) is 24.3 Å².